The number of carbonyl (C=O) groups is 1. The van der Waals surface area contributed by atoms with Gasteiger partial charge in [-0.05, 0) is 43.7 Å². The Morgan fingerprint density at radius 1 is 1.23 bits per heavy atom. The molecule has 0 saturated carbocycles. The largest absolute Gasteiger partial charge is 0.462 e. The molecule has 2 heterocycles. The highest BCUT2D eigenvalue weighted by Crippen LogP contribution is 2.28. The molecule has 0 bridgehead atoms. The number of hydrogen-bond donors (Lipinski definition) is 1. The summed E-state index contributed by atoms with van der Waals surface area (Å²) in [4.78, 5) is 18.0. The number of nitrogens with zero attached hydrogens (tertiary/aromatic N) is 1. The van der Waals surface area contributed by atoms with Gasteiger partial charge in [0, 0.05) is 11.1 Å². The van der Waals surface area contributed by atoms with E-state index >= 15 is 0 Å². The highest BCUT2D eigenvalue weighted by Gasteiger charge is 2.19. The zero-order valence-corrected chi connectivity index (χ0v) is 16.1. The van der Waals surface area contributed by atoms with Crippen molar-refractivity contribution < 1.29 is 17.6 Å². The van der Waals surface area contributed by atoms with Crippen LogP contribution in [0.3, 0.4) is 0 Å². The van der Waals surface area contributed by atoms with E-state index in [0.717, 1.165) is 16.7 Å². The van der Waals surface area contributed by atoms with Crippen molar-refractivity contribution in [1.29, 1.82) is 0 Å². The van der Waals surface area contributed by atoms with Gasteiger partial charge in [0.2, 0.25) is 0 Å². The number of aryl methyl sites for hydroxylation is 1. The van der Waals surface area contributed by atoms with Crippen LogP contribution in [-0.2, 0) is 9.84 Å². The number of sulfone groups is 1. The minimum absolute atomic E-state index is 0.248. The summed E-state index contributed by atoms with van der Waals surface area (Å²) in [6.07, 6.45) is 2.73. The maximum Gasteiger partial charge on any atom is 0.271 e. The molecule has 0 aliphatic carbocycles. The van der Waals surface area contributed by atoms with Crippen molar-refractivity contribution in [3.63, 3.8) is 0 Å². The zero-order valence-electron chi connectivity index (χ0n) is 14.5. The number of benzene rings is 1. The van der Waals surface area contributed by atoms with E-state index in [1.807, 2.05) is 13.8 Å². The van der Waals surface area contributed by atoms with Crippen LogP contribution in [0.15, 0.2) is 52.0 Å². The first-order valence-corrected chi connectivity index (χ1v) is 10.6. The van der Waals surface area contributed by atoms with Crippen LogP contribution in [0.2, 0.25) is 0 Å². The van der Waals surface area contributed by atoms with E-state index < -0.39 is 9.84 Å². The third-order valence-electron chi connectivity index (χ3n) is 3.90. The lowest BCUT2D eigenvalue weighted by Crippen LogP contribution is -2.27. The molecule has 2 aromatic heterocycles. The van der Waals surface area contributed by atoms with Crippen molar-refractivity contribution >= 4 is 27.1 Å². The quantitative estimate of drug-likeness (QED) is 0.719. The molecule has 0 aliphatic rings. The summed E-state index contributed by atoms with van der Waals surface area (Å²) >= 11 is 1.40. The molecular weight excluding hydrogens is 372 g/mol. The molecule has 1 unspecified atom stereocenters. The maximum absolute atomic E-state index is 12.6. The smallest absolute Gasteiger partial charge is 0.271 e. The van der Waals surface area contributed by atoms with Crippen molar-refractivity contribution in [2.45, 2.75) is 24.8 Å². The lowest BCUT2D eigenvalue weighted by Gasteiger charge is -2.14. The molecule has 1 aromatic carbocycles. The van der Waals surface area contributed by atoms with Crippen LogP contribution in [0.1, 0.15) is 33.9 Å². The molecule has 0 aliphatic heterocycles. The summed E-state index contributed by atoms with van der Waals surface area (Å²) in [7, 11) is -3.24. The van der Waals surface area contributed by atoms with E-state index in [1.54, 1.807) is 30.5 Å². The molecule has 0 radical (unpaired) electrons. The predicted octanol–water partition coefficient (Wildman–Crippen LogP) is 3.61. The number of carbonyl (C=O) groups excluding carboxylic acids is 1. The Bertz CT molecular complexity index is 1020. The second-order valence-electron chi connectivity index (χ2n) is 5.94. The molecule has 8 heteroatoms. The van der Waals surface area contributed by atoms with Crippen LogP contribution in [0.25, 0.3) is 10.8 Å². The molecule has 136 valence electrons. The maximum atomic E-state index is 12.6. The molecule has 0 saturated heterocycles. The second-order valence-corrected chi connectivity index (χ2v) is 9.16. The summed E-state index contributed by atoms with van der Waals surface area (Å²) in [5.74, 6) is 0.345. The van der Waals surface area contributed by atoms with E-state index in [4.69, 9.17) is 4.42 Å². The average Bonchev–Trinajstić information content (AvgIpc) is 3.23. The van der Waals surface area contributed by atoms with Gasteiger partial charge >= 0.3 is 0 Å². The highest BCUT2D eigenvalue weighted by molar-refractivity contribution is 7.90. The Morgan fingerprint density at radius 3 is 2.50 bits per heavy atom. The minimum Gasteiger partial charge on any atom is -0.462 e. The van der Waals surface area contributed by atoms with Gasteiger partial charge in [-0.2, -0.15) is 0 Å². The molecular formula is C18H18N2O4S2. The summed E-state index contributed by atoms with van der Waals surface area (Å²) in [5, 5.41) is 3.55. The number of rotatable bonds is 5. The second kappa shape index (κ2) is 7.05. The summed E-state index contributed by atoms with van der Waals surface area (Å²) in [6, 6.07) is 9.75. The van der Waals surface area contributed by atoms with Crippen molar-refractivity contribution in [3.05, 3.63) is 58.8 Å². The van der Waals surface area contributed by atoms with E-state index in [-0.39, 0.29) is 16.8 Å². The third-order valence-corrected chi connectivity index (χ3v) is 6.01. The minimum atomic E-state index is -3.24. The van der Waals surface area contributed by atoms with Crippen LogP contribution in [0, 0.1) is 6.92 Å². The summed E-state index contributed by atoms with van der Waals surface area (Å²) < 4.78 is 28.4. The Balaban J connectivity index is 1.75. The topological polar surface area (TPSA) is 89.3 Å². The predicted molar refractivity (Wildman–Crippen MR) is 100.0 cm³/mol. The number of nitrogens with one attached hydrogen (secondary N) is 1. The lowest BCUT2D eigenvalue weighted by molar-refractivity contribution is 0.0935. The van der Waals surface area contributed by atoms with Crippen molar-refractivity contribution in [2.24, 2.45) is 0 Å². The molecule has 0 spiro atoms. The van der Waals surface area contributed by atoms with Gasteiger partial charge in [-0.15, -0.1) is 11.3 Å². The normalized spacial score (nSPS) is 12.7. The number of aromatic nitrogens is 1. The Labute approximate surface area is 155 Å². The molecule has 26 heavy (non-hydrogen) atoms. The van der Waals surface area contributed by atoms with Crippen LogP contribution in [0.5, 0.6) is 0 Å². The fourth-order valence-electron chi connectivity index (χ4n) is 2.46. The molecule has 3 rings (SSSR count). The van der Waals surface area contributed by atoms with Gasteiger partial charge in [-0.3, -0.25) is 4.79 Å². The van der Waals surface area contributed by atoms with E-state index in [2.05, 4.69) is 10.3 Å². The summed E-state index contributed by atoms with van der Waals surface area (Å²) in [5.41, 5.74) is 1.17. The van der Waals surface area contributed by atoms with Gasteiger partial charge in [0.25, 0.3) is 5.91 Å². The van der Waals surface area contributed by atoms with E-state index in [1.165, 1.54) is 23.5 Å². The van der Waals surface area contributed by atoms with Gasteiger partial charge < -0.3 is 9.73 Å². The SMILES string of the molecule is Cc1sc(-c2ccco2)nc1C(=O)NC(C)c1ccc(S(C)(=O)=O)cc1. The number of furan rings is 1. The molecule has 1 N–H and O–H groups in total. The fourth-order valence-corrected chi connectivity index (χ4v) is 3.97. The fraction of sp³-hybridized carbons (Fsp3) is 0.222. The molecule has 6 nitrogen and oxygen atoms in total. The monoisotopic (exact) mass is 390 g/mol. The van der Waals surface area contributed by atoms with Crippen LogP contribution >= 0.6 is 11.3 Å². The lowest BCUT2D eigenvalue weighted by atomic mass is 10.1. The number of amides is 1. The summed E-state index contributed by atoms with van der Waals surface area (Å²) in [6.45, 7) is 3.67. The van der Waals surface area contributed by atoms with Gasteiger partial charge in [0.05, 0.1) is 17.2 Å². The standard InChI is InChI=1S/C18H18N2O4S2/c1-11(13-6-8-14(9-7-13)26(3,22)23)19-17(21)16-12(2)25-18(20-16)15-5-4-10-24-15/h4-11H,1-3H3,(H,19,21). The first-order valence-electron chi connectivity index (χ1n) is 7.88. The van der Waals surface area contributed by atoms with Crippen LogP contribution < -0.4 is 5.32 Å². The van der Waals surface area contributed by atoms with Gasteiger partial charge in [0.15, 0.2) is 20.6 Å². The van der Waals surface area contributed by atoms with E-state index in [0.29, 0.717) is 16.5 Å². The number of thiazole rings is 1. The molecule has 0 fully saturated rings. The van der Waals surface area contributed by atoms with E-state index in [9.17, 15) is 13.2 Å². The van der Waals surface area contributed by atoms with Crippen molar-refractivity contribution in [2.75, 3.05) is 6.26 Å². The van der Waals surface area contributed by atoms with Crippen molar-refractivity contribution in [3.8, 4) is 10.8 Å². The van der Waals surface area contributed by atoms with Gasteiger partial charge in [-0.25, -0.2) is 13.4 Å². The van der Waals surface area contributed by atoms with Crippen LogP contribution in [0.4, 0.5) is 0 Å². The first-order chi connectivity index (χ1) is 12.3. The van der Waals surface area contributed by atoms with Crippen LogP contribution in [-0.4, -0.2) is 25.6 Å². The van der Waals surface area contributed by atoms with Gasteiger partial charge in [0.1, 0.15) is 5.69 Å². The molecule has 1 amide bonds. The molecule has 1 atom stereocenters. The highest BCUT2D eigenvalue weighted by atomic mass is 32.2. The molecule has 3 aromatic rings. The third kappa shape index (κ3) is 3.86. The Morgan fingerprint density at radius 2 is 1.92 bits per heavy atom. The van der Waals surface area contributed by atoms with Gasteiger partial charge in [-0.1, -0.05) is 12.1 Å². The average molecular weight is 390 g/mol. The first kappa shape index (κ1) is 18.3. The van der Waals surface area contributed by atoms with Crippen molar-refractivity contribution in [1.82, 2.24) is 10.3 Å². The number of hydrogen-bond acceptors (Lipinski definition) is 6. The zero-order chi connectivity index (χ0) is 18.9. The Kier molecular flexibility index (Phi) is 4.97. The Hall–Kier alpha value is -2.45.